The van der Waals surface area contributed by atoms with E-state index in [1.807, 2.05) is 6.07 Å². The highest BCUT2D eigenvalue weighted by Crippen LogP contribution is 2.29. The monoisotopic (exact) mass is 341 g/mol. The minimum Gasteiger partial charge on any atom is -0.496 e. The van der Waals surface area contributed by atoms with Crippen LogP contribution in [0.25, 0.3) is 0 Å². The number of benzene rings is 1. The molecule has 0 radical (unpaired) electrons. The summed E-state index contributed by atoms with van der Waals surface area (Å²) in [4.78, 5) is 0. The molecule has 0 aromatic heterocycles. The van der Waals surface area contributed by atoms with E-state index in [-0.39, 0.29) is 12.1 Å². The van der Waals surface area contributed by atoms with Crippen molar-refractivity contribution in [3.8, 4) is 5.75 Å². The van der Waals surface area contributed by atoms with Crippen LogP contribution in [0, 0.1) is 5.92 Å². The molecular weight excluding hydrogens is 318 g/mol. The number of nitrogens with one attached hydrogen (secondary N) is 1. The van der Waals surface area contributed by atoms with Gasteiger partial charge in [-0.15, -0.1) is 0 Å². The Morgan fingerprint density at radius 3 is 2.80 bits per heavy atom. The molecule has 112 valence electrons. The lowest BCUT2D eigenvalue weighted by Crippen LogP contribution is -2.34. The Kier molecular flexibility index (Phi) is 5.87. The zero-order chi connectivity index (χ0) is 14.5. The molecule has 0 aliphatic heterocycles. The van der Waals surface area contributed by atoms with Gasteiger partial charge in [0, 0.05) is 12.6 Å². The fourth-order valence-electron chi connectivity index (χ4n) is 2.82. The van der Waals surface area contributed by atoms with Crippen molar-refractivity contribution < 1.29 is 9.84 Å². The molecule has 1 aromatic rings. The van der Waals surface area contributed by atoms with Gasteiger partial charge in [0.2, 0.25) is 0 Å². The molecule has 1 saturated carbocycles. The predicted octanol–water partition coefficient (Wildman–Crippen LogP) is 3.66. The smallest absolute Gasteiger partial charge is 0.133 e. The molecule has 1 aliphatic carbocycles. The lowest BCUT2D eigenvalue weighted by atomic mass is 9.86. The van der Waals surface area contributed by atoms with Crippen molar-refractivity contribution in [2.45, 2.75) is 44.8 Å². The van der Waals surface area contributed by atoms with Crippen molar-refractivity contribution in [2.75, 3.05) is 13.7 Å². The zero-order valence-electron chi connectivity index (χ0n) is 12.2. The first-order chi connectivity index (χ1) is 9.61. The topological polar surface area (TPSA) is 41.5 Å². The van der Waals surface area contributed by atoms with E-state index in [1.165, 1.54) is 18.4 Å². The van der Waals surface area contributed by atoms with Crippen LogP contribution in [0.3, 0.4) is 0 Å². The van der Waals surface area contributed by atoms with Crippen molar-refractivity contribution in [1.82, 2.24) is 5.32 Å². The summed E-state index contributed by atoms with van der Waals surface area (Å²) in [6, 6.07) is 6.42. The number of hydrogen-bond acceptors (Lipinski definition) is 3. The summed E-state index contributed by atoms with van der Waals surface area (Å²) in [7, 11) is 1.67. The van der Waals surface area contributed by atoms with Gasteiger partial charge in [-0.3, -0.25) is 0 Å². The van der Waals surface area contributed by atoms with E-state index in [9.17, 15) is 5.11 Å². The van der Waals surface area contributed by atoms with Crippen LogP contribution in [-0.4, -0.2) is 24.9 Å². The first-order valence-corrected chi connectivity index (χ1v) is 8.16. The summed E-state index contributed by atoms with van der Waals surface area (Å²) in [6.45, 7) is 3.04. The molecule has 2 rings (SSSR count). The van der Waals surface area contributed by atoms with Gasteiger partial charge in [0.1, 0.15) is 5.75 Å². The summed E-state index contributed by atoms with van der Waals surface area (Å²) in [5.74, 6) is 1.25. The van der Waals surface area contributed by atoms with Gasteiger partial charge in [-0.1, -0.05) is 18.9 Å². The van der Waals surface area contributed by atoms with Crippen LogP contribution < -0.4 is 10.1 Å². The van der Waals surface area contributed by atoms with E-state index in [0.29, 0.717) is 5.92 Å². The normalized spacial score (nSPS) is 24.4. The molecule has 4 heteroatoms. The van der Waals surface area contributed by atoms with Crippen LogP contribution in [0.2, 0.25) is 0 Å². The van der Waals surface area contributed by atoms with Crippen molar-refractivity contribution in [3.05, 3.63) is 28.2 Å². The predicted molar refractivity (Wildman–Crippen MR) is 85.1 cm³/mol. The maximum atomic E-state index is 10.0. The molecule has 3 atom stereocenters. The quantitative estimate of drug-likeness (QED) is 0.858. The van der Waals surface area contributed by atoms with Crippen molar-refractivity contribution in [1.29, 1.82) is 0 Å². The molecule has 0 bridgehead atoms. The minimum absolute atomic E-state index is 0.133. The van der Waals surface area contributed by atoms with Crippen LogP contribution in [0.5, 0.6) is 5.75 Å². The van der Waals surface area contributed by atoms with Crippen LogP contribution in [0.4, 0.5) is 0 Å². The van der Waals surface area contributed by atoms with Gasteiger partial charge < -0.3 is 15.2 Å². The number of aliphatic hydroxyl groups is 1. The molecule has 20 heavy (non-hydrogen) atoms. The minimum atomic E-state index is -0.133. The van der Waals surface area contributed by atoms with E-state index in [4.69, 9.17) is 4.74 Å². The summed E-state index contributed by atoms with van der Waals surface area (Å²) >= 11 is 3.52. The Morgan fingerprint density at radius 2 is 2.15 bits per heavy atom. The van der Waals surface area contributed by atoms with Crippen LogP contribution in [0.15, 0.2) is 22.7 Å². The van der Waals surface area contributed by atoms with Gasteiger partial charge in [0.05, 0.1) is 17.7 Å². The number of aliphatic hydroxyl groups excluding tert-OH is 1. The number of halogens is 1. The molecule has 3 unspecified atom stereocenters. The first-order valence-electron chi connectivity index (χ1n) is 7.36. The highest BCUT2D eigenvalue weighted by atomic mass is 79.9. The Labute approximate surface area is 129 Å². The number of methoxy groups -OCH3 is 1. The third kappa shape index (κ3) is 3.96. The molecule has 3 nitrogen and oxygen atoms in total. The second kappa shape index (κ2) is 7.43. The second-order valence-corrected chi connectivity index (χ2v) is 6.49. The van der Waals surface area contributed by atoms with Crippen molar-refractivity contribution in [3.63, 3.8) is 0 Å². The molecule has 1 aromatic carbocycles. The Hall–Kier alpha value is -0.580. The third-order valence-electron chi connectivity index (χ3n) is 4.23. The van der Waals surface area contributed by atoms with Crippen LogP contribution in [-0.2, 0) is 0 Å². The van der Waals surface area contributed by atoms with Crippen LogP contribution >= 0.6 is 15.9 Å². The van der Waals surface area contributed by atoms with E-state index in [0.717, 1.165) is 29.6 Å². The first kappa shape index (κ1) is 15.8. The second-order valence-electron chi connectivity index (χ2n) is 5.64. The van der Waals surface area contributed by atoms with Gasteiger partial charge in [-0.05, 0) is 59.3 Å². The van der Waals surface area contributed by atoms with Gasteiger partial charge in [0.25, 0.3) is 0 Å². The van der Waals surface area contributed by atoms with E-state index >= 15 is 0 Å². The molecule has 0 saturated heterocycles. The van der Waals surface area contributed by atoms with Crippen molar-refractivity contribution in [2.24, 2.45) is 5.92 Å². The SMILES string of the molecule is COc1ccc(C(C)NCC2CCCCC2O)cc1Br. The molecule has 1 fully saturated rings. The molecule has 2 N–H and O–H groups in total. The molecule has 0 amide bonds. The van der Waals surface area contributed by atoms with E-state index in [2.05, 4.69) is 40.3 Å². The Morgan fingerprint density at radius 1 is 1.40 bits per heavy atom. The summed E-state index contributed by atoms with van der Waals surface area (Å²) < 4.78 is 6.22. The van der Waals surface area contributed by atoms with Gasteiger partial charge in [0.15, 0.2) is 0 Å². The number of hydrogen-bond donors (Lipinski definition) is 2. The average Bonchev–Trinajstić information content (AvgIpc) is 2.46. The fourth-order valence-corrected chi connectivity index (χ4v) is 3.38. The fraction of sp³-hybridized carbons (Fsp3) is 0.625. The summed E-state index contributed by atoms with van der Waals surface area (Å²) in [5.41, 5.74) is 1.22. The van der Waals surface area contributed by atoms with Crippen LogP contribution in [0.1, 0.15) is 44.2 Å². The molecule has 0 spiro atoms. The molecule has 1 aliphatic rings. The third-order valence-corrected chi connectivity index (χ3v) is 4.85. The van der Waals surface area contributed by atoms with E-state index in [1.54, 1.807) is 7.11 Å². The number of ether oxygens (including phenoxy) is 1. The molecule has 0 heterocycles. The van der Waals surface area contributed by atoms with Crippen molar-refractivity contribution >= 4 is 15.9 Å². The highest BCUT2D eigenvalue weighted by molar-refractivity contribution is 9.10. The lowest BCUT2D eigenvalue weighted by Gasteiger charge is -2.29. The Bertz CT molecular complexity index is 438. The lowest BCUT2D eigenvalue weighted by molar-refractivity contribution is 0.0684. The largest absolute Gasteiger partial charge is 0.496 e. The Balaban J connectivity index is 1.91. The standard InChI is InChI=1S/C16H24BrNO2/c1-11(12-7-8-16(20-2)14(17)9-12)18-10-13-5-3-4-6-15(13)19/h7-9,11,13,15,18-19H,3-6,10H2,1-2H3. The zero-order valence-corrected chi connectivity index (χ0v) is 13.8. The summed E-state index contributed by atoms with van der Waals surface area (Å²) in [5, 5.41) is 13.5. The average molecular weight is 342 g/mol. The maximum Gasteiger partial charge on any atom is 0.133 e. The number of rotatable bonds is 5. The molecular formula is C16H24BrNO2. The van der Waals surface area contributed by atoms with Gasteiger partial charge >= 0.3 is 0 Å². The summed E-state index contributed by atoms with van der Waals surface area (Å²) in [6.07, 6.45) is 4.36. The maximum absolute atomic E-state index is 10.0. The van der Waals surface area contributed by atoms with Gasteiger partial charge in [-0.25, -0.2) is 0 Å². The van der Waals surface area contributed by atoms with E-state index < -0.39 is 0 Å². The highest BCUT2D eigenvalue weighted by Gasteiger charge is 2.23. The van der Waals surface area contributed by atoms with Gasteiger partial charge in [-0.2, -0.15) is 0 Å².